The summed E-state index contributed by atoms with van der Waals surface area (Å²) in [5, 5.41) is 2.93. The molecule has 1 N–H and O–H groups in total. The molecular weight excluding hydrogens is 462 g/mol. The number of carbonyl (C=O) groups excluding carboxylic acids is 2. The van der Waals surface area contributed by atoms with Gasteiger partial charge in [0.05, 0.1) is 5.69 Å². The molecule has 1 fully saturated rings. The summed E-state index contributed by atoms with van der Waals surface area (Å²) in [4.78, 5) is 27.1. The van der Waals surface area contributed by atoms with E-state index in [1.807, 2.05) is 17.0 Å². The Kier molecular flexibility index (Phi) is 9.24. The molecule has 1 aliphatic heterocycles. The molecule has 3 rings (SSSR count). The van der Waals surface area contributed by atoms with Crippen LogP contribution in [-0.4, -0.2) is 29.8 Å². The summed E-state index contributed by atoms with van der Waals surface area (Å²) in [6, 6.07) is 11.4. The Balaban J connectivity index is 1.98. The minimum absolute atomic E-state index is 0.00627. The highest BCUT2D eigenvalue weighted by molar-refractivity contribution is 6.22. The summed E-state index contributed by atoms with van der Waals surface area (Å²) in [5.41, 5.74) is 2.02. The predicted octanol–water partition coefficient (Wildman–Crippen LogP) is 6.48. The Morgan fingerprint density at radius 3 is 2.28 bits per heavy atom. The van der Waals surface area contributed by atoms with Crippen molar-refractivity contribution >= 4 is 17.4 Å². The van der Waals surface area contributed by atoms with Gasteiger partial charge in [0.15, 0.2) is 6.61 Å². The largest absolute Gasteiger partial charge is 0.453 e. The predicted molar refractivity (Wildman–Crippen MR) is 137 cm³/mol. The molecule has 2 aromatic rings. The molecule has 0 aliphatic carbocycles. The van der Waals surface area contributed by atoms with Crippen LogP contribution in [0.25, 0.3) is 0 Å². The smallest absolute Gasteiger partial charge is 0.346 e. The van der Waals surface area contributed by atoms with Gasteiger partial charge in [-0.1, -0.05) is 77.6 Å². The highest BCUT2D eigenvalue weighted by atomic mass is 19.1. The van der Waals surface area contributed by atoms with E-state index >= 15 is 0 Å². The van der Waals surface area contributed by atoms with Crippen molar-refractivity contribution in [2.75, 3.05) is 18.5 Å². The molecule has 0 bridgehead atoms. The van der Waals surface area contributed by atoms with Crippen LogP contribution in [0.5, 0.6) is 0 Å². The Bertz CT molecular complexity index is 1090. The van der Waals surface area contributed by atoms with Crippen molar-refractivity contribution in [2.24, 2.45) is 0 Å². The summed E-state index contributed by atoms with van der Waals surface area (Å²) in [6.07, 6.45) is 5.14. The molecule has 1 heterocycles. The molecule has 0 amide bonds. The van der Waals surface area contributed by atoms with Gasteiger partial charge < -0.3 is 15.0 Å². The van der Waals surface area contributed by atoms with Gasteiger partial charge in [-0.05, 0) is 35.1 Å². The maximum absolute atomic E-state index is 14.6. The number of ketones is 1. The van der Waals surface area contributed by atoms with Gasteiger partial charge in [-0.3, -0.25) is 4.79 Å². The van der Waals surface area contributed by atoms with Gasteiger partial charge in [0, 0.05) is 19.2 Å². The number of benzene rings is 2. The van der Waals surface area contributed by atoms with E-state index in [1.165, 1.54) is 11.6 Å². The number of esters is 1. The maximum Gasteiger partial charge on any atom is 0.346 e. The van der Waals surface area contributed by atoms with Crippen molar-refractivity contribution in [3.63, 3.8) is 0 Å². The molecular formula is C29H36F2N2O3. The van der Waals surface area contributed by atoms with Crippen molar-refractivity contribution in [3.05, 3.63) is 76.6 Å². The molecule has 36 heavy (non-hydrogen) atoms. The number of unbranched alkanes of at least 4 members (excludes halogenated alkanes) is 4. The van der Waals surface area contributed by atoms with E-state index in [9.17, 15) is 18.4 Å². The van der Waals surface area contributed by atoms with Crippen LogP contribution >= 0.6 is 0 Å². The van der Waals surface area contributed by atoms with Crippen molar-refractivity contribution in [3.8, 4) is 0 Å². The molecule has 0 aromatic heterocycles. The summed E-state index contributed by atoms with van der Waals surface area (Å²) in [7, 11) is 0. The zero-order chi connectivity index (χ0) is 26.3. The fourth-order valence-electron chi connectivity index (χ4n) is 4.14. The van der Waals surface area contributed by atoms with Gasteiger partial charge in [-0.25, -0.2) is 13.6 Å². The number of ether oxygens (including phenoxy) is 1. The standard InChI is InChI=1S/C29H36F2N2O3/c1-5-6-7-8-9-16-33(18-20-10-12-21(13-11-20)29(2,3)4)27(26-25(34)19-36-28(26)35)32-24-15-14-22(30)17-23(24)31/h10-15,17,32H,5-9,16,18-19H2,1-4H3/b27-26+. The highest BCUT2D eigenvalue weighted by Crippen LogP contribution is 2.27. The molecule has 5 nitrogen and oxygen atoms in total. The van der Waals surface area contributed by atoms with Crippen LogP contribution in [0.15, 0.2) is 53.9 Å². The highest BCUT2D eigenvalue weighted by Gasteiger charge is 2.34. The van der Waals surface area contributed by atoms with Gasteiger partial charge in [-0.2, -0.15) is 0 Å². The number of anilines is 1. The Morgan fingerprint density at radius 2 is 1.69 bits per heavy atom. The number of rotatable bonds is 11. The fraction of sp³-hybridized carbons (Fsp3) is 0.448. The van der Waals surface area contributed by atoms with E-state index in [2.05, 4.69) is 45.1 Å². The van der Waals surface area contributed by atoms with Crippen LogP contribution in [0.1, 0.15) is 70.9 Å². The summed E-state index contributed by atoms with van der Waals surface area (Å²) >= 11 is 0. The molecule has 1 aliphatic rings. The number of cyclic esters (lactones) is 1. The van der Waals surface area contributed by atoms with E-state index in [-0.39, 0.29) is 29.1 Å². The first-order valence-electron chi connectivity index (χ1n) is 12.6. The Morgan fingerprint density at radius 1 is 1.00 bits per heavy atom. The van der Waals surface area contributed by atoms with Crippen molar-refractivity contribution in [2.45, 2.75) is 71.8 Å². The minimum atomic E-state index is -0.815. The number of hydrogen-bond donors (Lipinski definition) is 1. The van der Waals surface area contributed by atoms with Crippen LogP contribution in [-0.2, 0) is 26.3 Å². The Labute approximate surface area is 212 Å². The van der Waals surface area contributed by atoms with Gasteiger partial charge in [0.1, 0.15) is 23.0 Å². The number of halogens is 2. The molecule has 0 saturated carbocycles. The number of carbonyl (C=O) groups is 2. The summed E-state index contributed by atoms with van der Waals surface area (Å²) in [6.45, 7) is 9.17. The average Bonchev–Trinajstić information content (AvgIpc) is 3.15. The molecule has 194 valence electrons. The monoisotopic (exact) mass is 498 g/mol. The van der Waals surface area contributed by atoms with Crippen LogP contribution in [0, 0.1) is 11.6 Å². The van der Waals surface area contributed by atoms with Gasteiger partial charge in [0.2, 0.25) is 5.78 Å². The third kappa shape index (κ3) is 7.15. The zero-order valence-corrected chi connectivity index (χ0v) is 21.6. The number of nitrogens with zero attached hydrogens (tertiary/aromatic N) is 1. The summed E-state index contributed by atoms with van der Waals surface area (Å²) in [5.74, 6) is -2.56. The van der Waals surface area contributed by atoms with Crippen LogP contribution < -0.4 is 5.32 Å². The molecule has 0 spiro atoms. The number of nitrogens with one attached hydrogen (secondary N) is 1. The average molecular weight is 499 g/mol. The van der Waals surface area contributed by atoms with Crippen molar-refractivity contribution in [1.29, 1.82) is 0 Å². The summed E-state index contributed by atoms with van der Waals surface area (Å²) < 4.78 is 33.1. The van der Waals surface area contributed by atoms with Gasteiger partial charge >= 0.3 is 5.97 Å². The van der Waals surface area contributed by atoms with E-state index in [1.54, 1.807) is 0 Å². The van der Waals surface area contributed by atoms with E-state index in [0.717, 1.165) is 49.8 Å². The normalized spacial score (nSPS) is 15.2. The molecule has 0 radical (unpaired) electrons. The SMILES string of the molecule is CCCCCCCN(Cc1ccc(C(C)(C)C)cc1)/C(Nc1ccc(F)cc1F)=C1\C(=O)COC1=O. The lowest BCUT2D eigenvalue weighted by Crippen LogP contribution is -2.32. The fourth-order valence-corrected chi connectivity index (χ4v) is 4.14. The lowest BCUT2D eigenvalue weighted by atomic mass is 9.87. The molecule has 0 unspecified atom stereocenters. The second kappa shape index (κ2) is 12.2. The number of hydrogen-bond acceptors (Lipinski definition) is 5. The molecule has 1 saturated heterocycles. The molecule has 2 aromatic carbocycles. The second-order valence-corrected chi connectivity index (χ2v) is 10.3. The van der Waals surface area contributed by atoms with Crippen molar-refractivity contribution in [1.82, 2.24) is 4.90 Å². The first-order valence-corrected chi connectivity index (χ1v) is 12.6. The molecule has 7 heteroatoms. The van der Waals surface area contributed by atoms with Crippen LogP contribution in [0.3, 0.4) is 0 Å². The van der Waals surface area contributed by atoms with E-state index in [4.69, 9.17) is 4.74 Å². The van der Waals surface area contributed by atoms with Gasteiger partial charge in [0.25, 0.3) is 0 Å². The lowest BCUT2D eigenvalue weighted by molar-refractivity contribution is -0.135. The number of Topliss-reactive ketones (excluding diaryl/α,β-unsaturated/α-hetero) is 1. The topological polar surface area (TPSA) is 58.6 Å². The van der Waals surface area contributed by atoms with Crippen LogP contribution in [0.4, 0.5) is 14.5 Å². The first-order chi connectivity index (χ1) is 17.1. The van der Waals surface area contributed by atoms with E-state index < -0.39 is 23.4 Å². The second-order valence-electron chi connectivity index (χ2n) is 10.3. The first kappa shape index (κ1) is 27.4. The quantitative estimate of drug-likeness (QED) is 0.166. The maximum atomic E-state index is 14.6. The Hall–Kier alpha value is -3.22. The van der Waals surface area contributed by atoms with E-state index in [0.29, 0.717) is 13.1 Å². The van der Waals surface area contributed by atoms with Crippen molar-refractivity contribution < 1.29 is 23.1 Å². The third-order valence-corrected chi connectivity index (χ3v) is 6.28. The van der Waals surface area contributed by atoms with Gasteiger partial charge in [-0.15, -0.1) is 0 Å². The molecule has 0 atom stereocenters. The zero-order valence-electron chi connectivity index (χ0n) is 21.6. The van der Waals surface area contributed by atoms with Crippen LogP contribution in [0.2, 0.25) is 0 Å². The minimum Gasteiger partial charge on any atom is -0.453 e. The third-order valence-electron chi connectivity index (χ3n) is 6.28. The lowest BCUT2D eigenvalue weighted by Gasteiger charge is -2.30.